The highest BCUT2D eigenvalue weighted by atomic mass is 32.2. The fraction of sp³-hybridized carbons (Fsp3) is 0.688. The molecule has 0 aliphatic carbocycles. The minimum Gasteiger partial charge on any atom is -0.371 e. The molecule has 1 aromatic heterocycles. The summed E-state index contributed by atoms with van der Waals surface area (Å²) in [6.45, 7) is 7.21. The van der Waals surface area contributed by atoms with Gasteiger partial charge in [-0.1, -0.05) is 0 Å². The average molecular weight is 306 g/mol. The van der Waals surface area contributed by atoms with E-state index in [0.29, 0.717) is 6.04 Å². The number of hydrogen-bond acceptors (Lipinski definition) is 5. The zero-order valence-electron chi connectivity index (χ0n) is 12.7. The molecule has 5 heteroatoms. The number of pyridine rings is 1. The second-order valence-corrected chi connectivity index (χ2v) is 7.10. The van der Waals surface area contributed by atoms with Crippen LogP contribution in [0.15, 0.2) is 24.5 Å². The highest BCUT2D eigenvalue weighted by molar-refractivity contribution is 7.99. The Morgan fingerprint density at radius 1 is 1.10 bits per heavy atom. The van der Waals surface area contributed by atoms with E-state index >= 15 is 0 Å². The first-order chi connectivity index (χ1) is 10.4. The van der Waals surface area contributed by atoms with Gasteiger partial charge in [-0.15, -0.1) is 0 Å². The molecule has 2 aliphatic rings. The zero-order valence-corrected chi connectivity index (χ0v) is 13.5. The van der Waals surface area contributed by atoms with Gasteiger partial charge in [0.2, 0.25) is 0 Å². The Labute approximate surface area is 132 Å². The molecule has 0 spiro atoms. The number of hydrogen-bond donors (Lipinski definition) is 1. The predicted octanol–water partition coefficient (Wildman–Crippen LogP) is 1.69. The molecule has 2 aliphatic heterocycles. The molecule has 3 heterocycles. The third kappa shape index (κ3) is 4.59. The fourth-order valence-electron chi connectivity index (χ4n) is 3.15. The Morgan fingerprint density at radius 2 is 1.81 bits per heavy atom. The average Bonchev–Trinajstić information content (AvgIpc) is 2.57. The smallest absolute Gasteiger partial charge is 0.0397 e. The summed E-state index contributed by atoms with van der Waals surface area (Å²) in [4.78, 5) is 9.16. The first kappa shape index (κ1) is 15.1. The molecular weight excluding hydrogens is 280 g/mol. The van der Waals surface area contributed by atoms with Gasteiger partial charge in [-0.2, -0.15) is 11.8 Å². The van der Waals surface area contributed by atoms with Crippen molar-refractivity contribution >= 4 is 17.4 Å². The van der Waals surface area contributed by atoms with Gasteiger partial charge < -0.3 is 15.1 Å². The lowest BCUT2D eigenvalue weighted by atomic mass is 10.0. The molecule has 1 aromatic rings. The van der Waals surface area contributed by atoms with Crippen LogP contribution in [0.5, 0.6) is 0 Å². The van der Waals surface area contributed by atoms with E-state index in [9.17, 15) is 0 Å². The fourth-order valence-corrected chi connectivity index (χ4v) is 4.13. The second kappa shape index (κ2) is 8.01. The van der Waals surface area contributed by atoms with Crippen LogP contribution < -0.4 is 10.2 Å². The number of aromatic nitrogens is 1. The Hall–Kier alpha value is -0.780. The van der Waals surface area contributed by atoms with Gasteiger partial charge in [0, 0.05) is 74.9 Å². The Balaban J connectivity index is 1.34. The monoisotopic (exact) mass is 306 g/mol. The molecule has 0 amide bonds. The number of nitrogens with one attached hydrogen (secondary N) is 1. The highest BCUT2D eigenvalue weighted by Gasteiger charge is 2.19. The van der Waals surface area contributed by atoms with Crippen molar-refractivity contribution in [2.24, 2.45) is 0 Å². The van der Waals surface area contributed by atoms with Crippen molar-refractivity contribution in [1.29, 1.82) is 0 Å². The standard InChI is InChI=1S/C16H26N4S/c1-5-17-6-2-16(1)20-8-3-15(4-9-20)18-7-10-19-11-13-21-14-12-19/h1-2,5-6,15,18H,3-4,7-14H2. The molecule has 0 atom stereocenters. The van der Waals surface area contributed by atoms with E-state index in [-0.39, 0.29) is 0 Å². The summed E-state index contributed by atoms with van der Waals surface area (Å²) in [5.74, 6) is 2.62. The van der Waals surface area contributed by atoms with E-state index < -0.39 is 0 Å². The van der Waals surface area contributed by atoms with E-state index in [1.165, 1.54) is 49.7 Å². The van der Waals surface area contributed by atoms with E-state index in [1.54, 1.807) is 0 Å². The highest BCUT2D eigenvalue weighted by Crippen LogP contribution is 2.18. The first-order valence-corrected chi connectivity index (χ1v) is 9.26. The molecule has 2 fully saturated rings. The molecule has 116 valence electrons. The normalized spacial score (nSPS) is 21.6. The Morgan fingerprint density at radius 3 is 2.52 bits per heavy atom. The number of nitrogens with zero attached hydrogens (tertiary/aromatic N) is 3. The van der Waals surface area contributed by atoms with Crippen LogP contribution in [0.3, 0.4) is 0 Å². The molecule has 0 bridgehead atoms. The quantitative estimate of drug-likeness (QED) is 0.895. The van der Waals surface area contributed by atoms with Gasteiger partial charge in [-0.3, -0.25) is 4.98 Å². The van der Waals surface area contributed by atoms with Gasteiger partial charge in [-0.05, 0) is 25.0 Å². The van der Waals surface area contributed by atoms with Gasteiger partial charge >= 0.3 is 0 Å². The van der Waals surface area contributed by atoms with Crippen LogP contribution in [0.2, 0.25) is 0 Å². The molecule has 21 heavy (non-hydrogen) atoms. The van der Waals surface area contributed by atoms with Crippen LogP contribution in [-0.4, -0.2) is 66.7 Å². The van der Waals surface area contributed by atoms with E-state index in [4.69, 9.17) is 0 Å². The van der Waals surface area contributed by atoms with Gasteiger partial charge in [0.05, 0.1) is 0 Å². The molecule has 0 radical (unpaired) electrons. The molecule has 0 unspecified atom stereocenters. The largest absolute Gasteiger partial charge is 0.371 e. The van der Waals surface area contributed by atoms with Crippen LogP contribution >= 0.6 is 11.8 Å². The van der Waals surface area contributed by atoms with Gasteiger partial charge in [-0.25, -0.2) is 0 Å². The lowest BCUT2D eigenvalue weighted by Gasteiger charge is -2.34. The summed E-state index contributed by atoms with van der Waals surface area (Å²) in [5.41, 5.74) is 1.31. The first-order valence-electron chi connectivity index (χ1n) is 8.10. The lowest BCUT2D eigenvalue weighted by molar-refractivity contribution is 0.289. The zero-order chi connectivity index (χ0) is 14.3. The van der Waals surface area contributed by atoms with Gasteiger partial charge in [0.25, 0.3) is 0 Å². The topological polar surface area (TPSA) is 31.4 Å². The van der Waals surface area contributed by atoms with Crippen LogP contribution in [0, 0.1) is 0 Å². The maximum atomic E-state index is 4.09. The minimum atomic E-state index is 0.697. The summed E-state index contributed by atoms with van der Waals surface area (Å²) in [5, 5.41) is 3.75. The van der Waals surface area contributed by atoms with Crippen molar-refractivity contribution in [2.75, 3.05) is 55.7 Å². The maximum Gasteiger partial charge on any atom is 0.0397 e. The van der Waals surface area contributed by atoms with E-state index in [0.717, 1.165) is 19.6 Å². The third-order valence-electron chi connectivity index (χ3n) is 4.49. The van der Waals surface area contributed by atoms with Gasteiger partial charge in [0.15, 0.2) is 0 Å². The summed E-state index contributed by atoms with van der Waals surface area (Å²) >= 11 is 2.09. The van der Waals surface area contributed by atoms with E-state index in [1.807, 2.05) is 12.4 Å². The van der Waals surface area contributed by atoms with Crippen molar-refractivity contribution < 1.29 is 0 Å². The van der Waals surface area contributed by atoms with Crippen molar-refractivity contribution in [3.63, 3.8) is 0 Å². The van der Waals surface area contributed by atoms with Crippen molar-refractivity contribution in [3.8, 4) is 0 Å². The summed E-state index contributed by atoms with van der Waals surface area (Å²) < 4.78 is 0. The van der Waals surface area contributed by atoms with Crippen molar-refractivity contribution in [2.45, 2.75) is 18.9 Å². The third-order valence-corrected chi connectivity index (χ3v) is 5.43. The molecule has 3 rings (SSSR count). The Kier molecular flexibility index (Phi) is 5.77. The second-order valence-electron chi connectivity index (χ2n) is 5.87. The van der Waals surface area contributed by atoms with Gasteiger partial charge in [0.1, 0.15) is 0 Å². The SMILES string of the molecule is c1cc(N2CCC(NCCN3CCSCC3)CC2)ccn1. The van der Waals surface area contributed by atoms with E-state index in [2.05, 4.69) is 44.0 Å². The van der Waals surface area contributed by atoms with Crippen LogP contribution in [0.1, 0.15) is 12.8 Å². The maximum absolute atomic E-state index is 4.09. The molecule has 1 N–H and O–H groups in total. The number of piperidine rings is 1. The molecule has 2 saturated heterocycles. The number of anilines is 1. The Bertz CT molecular complexity index is 400. The number of thioether (sulfide) groups is 1. The summed E-state index contributed by atoms with van der Waals surface area (Å²) in [7, 11) is 0. The summed E-state index contributed by atoms with van der Waals surface area (Å²) in [6.07, 6.45) is 6.27. The number of rotatable bonds is 5. The summed E-state index contributed by atoms with van der Waals surface area (Å²) in [6, 6.07) is 4.92. The van der Waals surface area contributed by atoms with Crippen LogP contribution in [-0.2, 0) is 0 Å². The predicted molar refractivity (Wildman–Crippen MR) is 91.2 cm³/mol. The minimum absolute atomic E-state index is 0.697. The molecule has 0 aromatic carbocycles. The van der Waals surface area contributed by atoms with Crippen LogP contribution in [0.25, 0.3) is 0 Å². The van der Waals surface area contributed by atoms with Crippen molar-refractivity contribution in [1.82, 2.24) is 15.2 Å². The lowest BCUT2D eigenvalue weighted by Crippen LogP contribution is -2.45. The van der Waals surface area contributed by atoms with Crippen LogP contribution in [0.4, 0.5) is 5.69 Å². The molecular formula is C16H26N4S. The molecule has 4 nitrogen and oxygen atoms in total. The molecule has 0 saturated carbocycles. The van der Waals surface area contributed by atoms with Crippen molar-refractivity contribution in [3.05, 3.63) is 24.5 Å².